The van der Waals surface area contributed by atoms with Crippen LogP contribution in [-0.2, 0) is 4.79 Å². The molecule has 1 amide bonds. The van der Waals surface area contributed by atoms with Crippen molar-refractivity contribution in [1.29, 1.82) is 0 Å². The maximum atomic E-state index is 13.7. The third-order valence-electron chi connectivity index (χ3n) is 2.54. The van der Waals surface area contributed by atoms with Gasteiger partial charge in [-0.05, 0) is 45.4 Å². The minimum absolute atomic E-state index is 0.000937. The van der Waals surface area contributed by atoms with Crippen molar-refractivity contribution in [2.45, 2.75) is 45.9 Å². The molecule has 0 fully saturated rings. The van der Waals surface area contributed by atoms with Crippen molar-refractivity contribution in [1.82, 2.24) is 5.32 Å². The third kappa shape index (κ3) is 4.52. The van der Waals surface area contributed by atoms with Gasteiger partial charge in [-0.3, -0.25) is 4.79 Å². The van der Waals surface area contributed by atoms with E-state index in [1.165, 1.54) is 12.1 Å². The predicted octanol–water partition coefficient (Wildman–Crippen LogP) is 2.17. The number of carbonyl (C=O) groups excluding carboxylic acids is 1. The van der Waals surface area contributed by atoms with Crippen molar-refractivity contribution >= 4 is 5.91 Å². The van der Waals surface area contributed by atoms with Crippen molar-refractivity contribution in [3.05, 3.63) is 29.6 Å². The number of hydrogen-bond donors (Lipinski definition) is 2. The highest BCUT2D eigenvalue weighted by atomic mass is 19.1. The second-order valence-corrected chi connectivity index (χ2v) is 4.79. The quantitative estimate of drug-likeness (QED) is 0.861. The molecular formula is C14H20FNO3. The highest BCUT2D eigenvalue weighted by molar-refractivity contribution is 5.80. The zero-order valence-corrected chi connectivity index (χ0v) is 11.6. The Morgan fingerprint density at radius 2 is 1.95 bits per heavy atom. The van der Waals surface area contributed by atoms with Crippen molar-refractivity contribution in [2.75, 3.05) is 0 Å². The van der Waals surface area contributed by atoms with Gasteiger partial charge in [0.15, 0.2) is 17.7 Å². The van der Waals surface area contributed by atoms with Crippen LogP contribution in [0.4, 0.5) is 4.39 Å². The third-order valence-corrected chi connectivity index (χ3v) is 2.54. The van der Waals surface area contributed by atoms with Crippen LogP contribution in [-0.4, -0.2) is 23.2 Å². The average molecular weight is 269 g/mol. The molecule has 1 aromatic carbocycles. The number of nitrogens with one attached hydrogen (secondary N) is 1. The highest BCUT2D eigenvalue weighted by Crippen LogP contribution is 2.22. The molecule has 4 nitrogen and oxygen atoms in total. The Bertz CT molecular complexity index is 446. The van der Waals surface area contributed by atoms with Crippen LogP contribution in [0.2, 0.25) is 0 Å². The van der Waals surface area contributed by atoms with Crippen LogP contribution < -0.4 is 10.1 Å². The molecule has 0 aliphatic rings. The molecule has 0 radical (unpaired) electrons. The van der Waals surface area contributed by atoms with Crippen molar-refractivity contribution < 1.29 is 19.0 Å². The molecule has 2 N–H and O–H groups in total. The van der Waals surface area contributed by atoms with E-state index in [1.54, 1.807) is 19.9 Å². The summed E-state index contributed by atoms with van der Waals surface area (Å²) < 4.78 is 19.0. The van der Waals surface area contributed by atoms with Crippen LogP contribution in [0, 0.1) is 5.82 Å². The minimum Gasteiger partial charge on any atom is -0.478 e. The summed E-state index contributed by atoms with van der Waals surface area (Å²) in [6.07, 6.45) is -1.53. The number of ether oxygens (including phenoxy) is 1. The van der Waals surface area contributed by atoms with Gasteiger partial charge in [0.2, 0.25) is 0 Å². The molecule has 0 aliphatic carbocycles. The van der Waals surface area contributed by atoms with Gasteiger partial charge in [0.05, 0.1) is 6.10 Å². The first-order valence-corrected chi connectivity index (χ1v) is 6.25. The number of carbonyl (C=O) groups is 1. The highest BCUT2D eigenvalue weighted by Gasteiger charge is 2.17. The molecule has 5 heteroatoms. The normalized spacial score (nSPS) is 14.1. The zero-order chi connectivity index (χ0) is 14.6. The first-order chi connectivity index (χ1) is 8.81. The Morgan fingerprint density at radius 3 is 2.42 bits per heavy atom. The summed E-state index contributed by atoms with van der Waals surface area (Å²) in [5, 5.41) is 12.0. The van der Waals surface area contributed by atoms with Crippen LogP contribution in [0.5, 0.6) is 5.75 Å². The molecule has 2 atom stereocenters. The van der Waals surface area contributed by atoms with Gasteiger partial charge in [-0.25, -0.2) is 4.39 Å². The molecule has 0 saturated carbocycles. The summed E-state index contributed by atoms with van der Waals surface area (Å²) in [7, 11) is 0. The molecule has 1 aromatic rings. The summed E-state index contributed by atoms with van der Waals surface area (Å²) in [4.78, 5) is 11.6. The molecule has 106 valence electrons. The second-order valence-electron chi connectivity index (χ2n) is 4.79. The fourth-order valence-corrected chi connectivity index (χ4v) is 1.52. The molecule has 0 spiro atoms. The molecule has 0 saturated heterocycles. The molecule has 1 unspecified atom stereocenters. The van der Waals surface area contributed by atoms with E-state index in [4.69, 9.17) is 4.74 Å². The van der Waals surface area contributed by atoms with Gasteiger partial charge in [0.25, 0.3) is 5.91 Å². The molecule has 0 bridgehead atoms. The van der Waals surface area contributed by atoms with Crippen LogP contribution >= 0.6 is 0 Å². The lowest BCUT2D eigenvalue weighted by Gasteiger charge is -2.17. The largest absolute Gasteiger partial charge is 0.478 e. The molecule has 0 aromatic heterocycles. The van der Waals surface area contributed by atoms with Crippen LogP contribution in [0.3, 0.4) is 0 Å². The fraction of sp³-hybridized carbons (Fsp3) is 0.500. The Kier molecular flexibility index (Phi) is 5.30. The number of benzene rings is 1. The monoisotopic (exact) mass is 269 g/mol. The standard InChI is InChI=1S/C14H20FNO3/c1-8(2)16-14(18)10(4)19-13-6-5-11(9(3)17)7-12(13)15/h5-10,17H,1-4H3,(H,16,18)/t9-,10?/m1/s1. The first-order valence-electron chi connectivity index (χ1n) is 6.25. The number of halogens is 1. The molecule has 0 heterocycles. The van der Waals surface area contributed by atoms with E-state index < -0.39 is 18.0 Å². The number of rotatable bonds is 5. The Hall–Kier alpha value is -1.62. The van der Waals surface area contributed by atoms with Gasteiger partial charge in [0.1, 0.15) is 0 Å². The van der Waals surface area contributed by atoms with Gasteiger partial charge >= 0.3 is 0 Å². The van der Waals surface area contributed by atoms with Gasteiger partial charge in [-0.2, -0.15) is 0 Å². The summed E-state index contributed by atoms with van der Waals surface area (Å²) in [5.41, 5.74) is 0.462. The Balaban J connectivity index is 2.74. The van der Waals surface area contributed by atoms with Gasteiger partial charge < -0.3 is 15.2 Å². The van der Waals surface area contributed by atoms with Crippen LogP contribution in [0.15, 0.2) is 18.2 Å². The van der Waals surface area contributed by atoms with E-state index in [-0.39, 0.29) is 17.7 Å². The summed E-state index contributed by atoms with van der Waals surface area (Å²) in [5.74, 6) is -0.896. The smallest absolute Gasteiger partial charge is 0.260 e. The lowest BCUT2D eigenvalue weighted by molar-refractivity contribution is -0.127. The number of amides is 1. The topological polar surface area (TPSA) is 58.6 Å². The Labute approximate surface area is 112 Å². The minimum atomic E-state index is -0.783. The first kappa shape index (κ1) is 15.4. The van der Waals surface area contributed by atoms with E-state index in [0.717, 1.165) is 0 Å². The number of hydrogen-bond acceptors (Lipinski definition) is 3. The lowest BCUT2D eigenvalue weighted by atomic mass is 10.1. The maximum absolute atomic E-state index is 13.7. The predicted molar refractivity (Wildman–Crippen MR) is 70.4 cm³/mol. The van der Waals surface area contributed by atoms with Gasteiger partial charge in [-0.15, -0.1) is 0 Å². The molecule has 1 rings (SSSR count). The van der Waals surface area contributed by atoms with E-state index in [2.05, 4.69) is 5.32 Å². The van der Waals surface area contributed by atoms with Crippen molar-refractivity contribution in [2.24, 2.45) is 0 Å². The number of aliphatic hydroxyl groups excluding tert-OH is 1. The van der Waals surface area contributed by atoms with E-state index >= 15 is 0 Å². The summed E-state index contributed by atoms with van der Waals surface area (Å²) in [6, 6.07) is 4.18. The van der Waals surface area contributed by atoms with E-state index in [1.807, 2.05) is 13.8 Å². The van der Waals surface area contributed by atoms with E-state index in [0.29, 0.717) is 5.56 Å². The van der Waals surface area contributed by atoms with Gasteiger partial charge in [0, 0.05) is 6.04 Å². The second kappa shape index (κ2) is 6.52. The lowest BCUT2D eigenvalue weighted by Crippen LogP contribution is -2.40. The summed E-state index contributed by atoms with van der Waals surface area (Å²) >= 11 is 0. The van der Waals surface area contributed by atoms with Crippen LogP contribution in [0.1, 0.15) is 39.4 Å². The van der Waals surface area contributed by atoms with Crippen molar-refractivity contribution in [3.63, 3.8) is 0 Å². The average Bonchev–Trinajstić information content (AvgIpc) is 2.30. The molecule has 0 aliphatic heterocycles. The molecule has 19 heavy (non-hydrogen) atoms. The van der Waals surface area contributed by atoms with Crippen LogP contribution in [0.25, 0.3) is 0 Å². The maximum Gasteiger partial charge on any atom is 0.260 e. The van der Waals surface area contributed by atoms with Crippen molar-refractivity contribution in [3.8, 4) is 5.75 Å². The van der Waals surface area contributed by atoms with Gasteiger partial charge in [-0.1, -0.05) is 6.07 Å². The number of aliphatic hydroxyl groups is 1. The summed E-state index contributed by atoms with van der Waals surface area (Å²) in [6.45, 7) is 6.78. The zero-order valence-electron chi connectivity index (χ0n) is 11.6. The SMILES string of the molecule is CC(C)NC(=O)C(C)Oc1ccc([C@@H](C)O)cc1F. The van der Waals surface area contributed by atoms with E-state index in [9.17, 15) is 14.3 Å². The fourth-order valence-electron chi connectivity index (χ4n) is 1.52. The Morgan fingerprint density at radius 1 is 1.32 bits per heavy atom. The molecular weight excluding hydrogens is 249 g/mol.